The lowest BCUT2D eigenvalue weighted by Gasteiger charge is -2.14. The predicted molar refractivity (Wildman–Crippen MR) is 80.4 cm³/mol. The van der Waals surface area contributed by atoms with E-state index in [1.54, 1.807) is 6.33 Å². The molecule has 2 aromatic rings. The Morgan fingerprint density at radius 1 is 1.20 bits per heavy atom. The van der Waals surface area contributed by atoms with Gasteiger partial charge in [-0.3, -0.25) is 0 Å². The average Bonchev–Trinajstić information content (AvgIpc) is 2.45. The standard InChI is InChI=1S/C15H20N4O/c1-19(2)10-12-5-3-4-6-13(12)14-9-15(16-7-8-20)18-11-17-14/h3-6,9,11,20H,7-8,10H2,1-2H3,(H,16,17,18). The van der Waals surface area contributed by atoms with Gasteiger partial charge in [0.05, 0.1) is 12.3 Å². The van der Waals surface area contributed by atoms with Crippen LogP contribution in [0.5, 0.6) is 0 Å². The van der Waals surface area contributed by atoms with Crippen molar-refractivity contribution in [2.75, 3.05) is 32.6 Å². The smallest absolute Gasteiger partial charge is 0.130 e. The normalized spacial score (nSPS) is 10.8. The molecule has 0 aliphatic carbocycles. The van der Waals surface area contributed by atoms with E-state index in [-0.39, 0.29) is 6.61 Å². The van der Waals surface area contributed by atoms with Gasteiger partial charge in [0, 0.05) is 24.7 Å². The Balaban J connectivity index is 2.31. The van der Waals surface area contributed by atoms with Crippen LogP contribution in [-0.2, 0) is 6.54 Å². The molecule has 2 rings (SSSR count). The minimum Gasteiger partial charge on any atom is -0.395 e. The van der Waals surface area contributed by atoms with E-state index in [1.165, 1.54) is 5.56 Å². The number of hydrogen-bond acceptors (Lipinski definition) is 5. The van der Waals surface area contributed by atoms with Gasteiger partial charge in [0.25, 0.3) is 0 Å². The van der Waals surface area contributed by atoms with Crippen molar-refractivity contribution in [2.45, 2.75) is 6.54 Å². The zero-order valence-corrected chi connectivity index (χ0v) is 11.9. The second-order valence-corrected chi connectivity index (χ2v) is 4.83. The van der Waals surface area contributed by atoms with E-state index in [0.717, 1.165) is 23.6 Å². The second kappa shape index (κ2) is 6.98. The topological polar surface area (TPSA) is 61.3 Å². The first-order chi connectivity index (χ1) is 9.70. The van der Waals surface area contributed by atoms with Gasteiger partial charge in [-0.15, -0.1) is 0 Å². The molecule has 2 N–H and O–H groups in total. The first-order valence-corrected chi connectivity index (χ1v) is 6.60. The van der Waals surface area contributed by atoms with E-state index >= 15 is 0 Å². The summed E-state index contributed by atoms with van der Waals surface area (Å²) in [6.07, 6.45) is 1.54. The lowest BCUT2D eigenvalue weighted by atomic mass is 10.0. The zero-order valence-electron chi connectivity index (χ0n) is 11.9. The van der Waals surface area contributed by atoms with Gasteiger partial charge in [0.15, 0.2) is 0 Å². The highest BCUT2D eigenvalue weighted by atomic mass is 16.3. The Kier molecular flexibility index (Phi) is 5.03. The molecule has 0 atom stereocenters. The number of aliphatic hydroxyl groups is 1. The van der Waals surface area contributed by atoms with Crippen LogP contribution in [0.1, 0.15) is 5.56 Å². The third-order valence-electron chi connectivity index (χ3n) is 2.86. The molecule has 0 amide bonds. The van der Waals surface area contributed by atoms with Crippen molar-refractivity contribution in [3.05, 3.63) is 42.2 Å². The fourth-order valence-electron chi connectivity index (χ4n) is 2.03. The quantitative estimate of drug-likeness (QED) is 0.836. The lowest BCUT2D eigenvalue weighted by molar-refractivity contribution is 0.311. The lowest BCUT2D eigenvalue weighted by Crippen LogP contribution is -2.11. The highest BCUT2D eigenvalue weighted by Crippen LogP contribution is 2.23. The van der Waals surface area contributed by atoms with Crippen LogP contribution in [0.4, 0.5) is 5.82 Å². The second-order valence-electron chi connectivity index (χ2n) is 4.83. The number of nitrogens with zero attached hydrogens (tertiary/aromatic N) is 3. The molecule has 0 fully saturated rings. The summed E-state index contributed by atoms with van der Waals surface area (Å²) in [6.45, 7) is 1.42. The number of benzene rings is 1. The molecule has 0 radical (unpaired) electrons. The minimum atomic E-state index is 0.0799. The number of aliphatic hydroxyl groups excluding tert-OH is 1. The maximum atomic E-state index is 8.85. The summed E-state index contributed by atoms with van der Waals surface area (Å²) in [5, 5.41) is 11.9. The van der Waals surface area contributed by atoms with Crippen molar-refractivity contribution in [3.63, 3.8) is 0 Å². The van der Waals surface area contributed by atoms with Crippen LogP contribution in [-0.4, -0.2) is 47.2 Å². The largest absolute Gasteiger partial charge is 0.395 e. The van der Waals surface area contributed by atoms with Gasteiger partial charge in [-0.05, 0) is 19.7 Å². The molecule has 0 aliphatic rings. The van der Waals surface area contributed by atoms with Crippen LogP contribution in [0.25, 0.3) is 11.3 Å². The highest BCUT2D eigenvalue weighted by Gasteiger charge is 2.07. The Bertz CT molecular complexity index is 557. The molecule has 0 aliphatic heterocycles. The summed E-state index contributed by atoms with van der Waals surface area (Å²) in [4.78, 5) is 10.6. The number of anilines is 1. The molecule has 5 heteroatoms. The number of aromatic nitrogens is 2. The Morgan fingerprint density at radius 3 is 2.75 bits per heavy atom. The SMILES string of the molecule is CN(C)Cc1ccccc1-c1cc(NCCO)ncn1. The molecule has 106 valence electrons. The van der Waals surface area contributed by atoms with Gasteiger partial charge < -0.3 is 15.3 Å². The van der Waals surface area contributed by atoms with E-state index in [4.69, 9.17) is 5.11 Å². The fraction of sp³-hybridized carbons (Fsp3) is 0.333. The summed E-state index contributed by atoms with van der Waals surface area (Å²) in [5.74, 6) is 0.726. The summed E-state index contributed by atoms with van der Waals surface area (Å²) in [5.41, 5.74) is 3.22. The fourth-order valence-corrected chi connectivity index (χ4v) is 2.03. The minimum absolute atomic E-state index is 0.0799. The molecule has 5 nitrogen and oxygen atoms in total. The maximum Gasteiger partial charge on any atom is 0.130 e. The van der Waals surface area contributed by atoms with Crippen molar-refractivity contribution >= 4 is 5.82 Å². The van der Waals surface area contributed by atoms with Crippen LogP contribution in [0.3, 0.4) is 0 Å². The van der Waals surface area contributed by atoms with Crippen molar-refractivity contribution in [1.82, 2.24) is 14.9 Å². The molecule has 0 bridgehead atoms. The number of rotatable bonds is 6. The number of nitrogens with one attached hydrogen (secondary N) is 1. The average molecular weight is 272 g/mol. The predicted octanol–water partition coefficient (Wildman–Crippen LogP) is 1.61. The van der Waals surface area contributed by atoms with Crippen LogP contribution >= 0.6 is 0 Å². The maximum absolute atomic E-state index is 8.85. The monoisotopic (exact) mass is 272 g/mol. The summed E-state index contributed by atoms with van der Waals surface area (Å²) < 4.78 is 0. The van der Waals surface area contributed by atoms with Gasteiger partial charge in [-0.25, -0.2) is 9.97 Å². The molecular weight excluding hydrogens is 252 g/mol. The highest BCUT2D eigenvalue weighted by molar-refractivity contribution is 5.65. The van der Waals surface area contributed by atoms with E-state index in [2.05, 4.69) is 32.3 Å². The summed E-state index contributed by atoms with van der Waals surface area (Å²) in [7, 11) is 4.09. The van der Waals surface area contributed by atoms with Crippen LogP contribution in [0.2, 0.25) is 0 Å². The van der Waals surface area contributed by atoms with Crippen molar-refractivity contribution in [3.8, 4) is 11.3 Å². The molecule has 0 saturated carbocycles. The molecule has 1 heterocycles. The van der Waals surface area contributed by atoms with Gasteiger partial charge in [0.2, 0.25) is 0 Å². The third-order valence-corrected chi connectivity index (χ3v) is 2.86. The van der Waals surface area contributed by atoms with Crippen molar-refractivity contribution < 1.29 is 5.11 Å². The summed E-state index contributed by atoms with van der Waals surface area (Å²) >= 11 is 0. The molecular formula is C15H20N4O. The van der Waals surface area contributed by atoms with E-state index in [1.807, 2.05) is 32.3 Å². The van der Waals surface area contributed by atoms with Gasteiger partial charge in [-0.2, -0.15) is 0 Å². The number of hydrogen-bond donors (Lipinski definition) is 2. The van der Waals surface area contributed by atoms with Crippen LogP contribution in [0.15, 0.2) is 36.7 Å². The van der Waals surface area contributed by atoms with Gasteiger partial charge in [0.1, 0.15) is 12.1 Å². The Morgan fingerprint density at radius 2 is 2.00 bits per heavy atom. The van der Waals surface area contributed by atoms with E-state index in [0.29, 0.717) is 6.54 Å². The first-order valence-electron chi connectivity index (χ1n) is 6.60. The Hall–Kier alpha value is -1.98. The van der Waals surface area contributed by atoms with Crippen molar-refractivity contribution in [2.24, 2.45) is 0 Å². The molecule has 0 unspecified atom stereocenters. The molecule has 0 spiro atoms. The van der Waals surface area contributed by atoms with Crippen molar-refractivity contribution in [1.29, 1.82) is 0 Å². The third kappa shape index (κ3) is 3.76. The van der Waals surface area contributed by atoms with Gasteiger partial charge >= 0.3 is 0 Å². The summed E-state index contributed by atoms with van der Waals surface area (Å²) in [6, 6.07) is 10.1. The molecule has 1 aromatic heterocycles. The van der Waals surface area contributed by atoms with E-state index in [9.17, 15) is 0 Å². The molecule has 1 aromatic carbocycles. The Labute approximate surface area is 119 Å². The van der Waals surface area contributed by atoms with E-state index < -0.39 is 0 Å². The molecule has 20 heavy (non-hydrogen) atoms. The zero-order chi connectivity index (χ0) is 14.4. The van der Waals surface area contributed by atoms with Crippen LogP contribution in [0, 0.1) is 0 Å². The van der Waals surface area contributed by atoms with Gasteiger partial charge in [-0.1, -0.05) is 24.3 Å². The first kappa shape index (κ1) is 14.4. The molecule has 0 saturated heterocycles. The van der Waals surface area contributed by atoms with Crippen LogP contribution < -0.4 is 5.32 Å².